The molecule has 1 aromatic heterocycles. The van der Waals surface area contributed by atoms with Crippen LogP contribution in [0.4, 0.5) is 31.9 Å². The molecule has 1 fully saturated rings. The number of hydrogen-bond donors (Lipinski definition) is 1. The maximum Gasteiger partial charge on any atom is 0.247 e. The molecule has 8 heteroatoms. The number of halogens is 2. The van der Waals surface area contributed by atoms with E-state index < -0.39 is 0 Å². The van der Waals surface area contributed by atoms with E-state index in [0.29, 0.717) is 17.5 Å². The number of benzene rings is 2. The zero-order valence-corrected chi connectivity index (χ0v) is 14.5. The van der Waals surface area contributed by atoms with Crippen LogP contribution in [-0.4, -0.2) is 41.4 Å². The third-order valence-electron chi connectivity index (χ3n) is 4.40. The lowest BCUT2D eigenvalue weighted by Crippen LogP contribution is -2.47. The molecule has 0 radical (unpaired) electrons. The van der Waals surface area contributed by atoms with Crippen molar-refractivity contribution in [3.63, 3.8) is 0 Å². The summed E-state index contributed by atoms with van der Waals surface area (Å²) >= 11 is 0. The molecule has 0 aliphatic carbocycles. The van der Waals surface area contributed by atoms with Gasteiger partial charge in [-0.25, -0.2) is 8.78 Å². The van der Waals surface area contributed by atoms with Crippen molar-refractivity contribution in [2.75, 3.05) is 41.3 Å². The molecule has 0 atom stereocenters. The predicted octanol–water partition coefficient (Wildman–Crippen LogP) is 3.22. The summed E-state index contributed by atoms with van der Waals surface area (Å²) in [5.41, 5.74) is 1.60. The largest absolute Gasteiger partial charge is 0.368 e. The molecular weight excluding hydrogens is 350 g/mol. The second kappa shape index (κ2) is 7.53. The summed E-state index contributed by atoms with van der Waals surface area (Å²) in [6.07, 6.45) is 1.50. The van der Waals surface area contributed by atoms with Gasteiger partial charge in [-0.1, -0.05) is 6.07 Å². The van der Waals surface area contributed by atoms with Crippen molar-refractivity contribution in [3.05, 3.63) is 66.4 Å². The van der Waals surface area contributed by atoms with Gasteiger partial charge in [0.05, 0.1) is 6.20 Å². The molecule has 1 aliphatic rings. The zero-order chi connectivity index (χ0) is 18.6. The Bertz CT molecular complexity index is 910. The summed E-state index contributed by atoms with van der Waals surface area (Å²) in [4.78, 5) is 8.72. The Labute approximate surface area is 155 Å². The fraction of sp³-hybridized carbons (Fsp3) is 0.211. The number of piperazine rings is 1. The van der Waals surface area contributed by atoms with Crippen LogP contribution in [0.15, 0.2) is 54.7 Å². The fourth-order valence-corrected chi connectivity index (χ4v) is 3.02. The molecular formula is C19H18F2N6. The van der Waals surface area contributed by atoms with Crippen molar-refractivity contribution in [2.45, 2.75) is 0 Å². The second-order valence-electron chi connectivity index (χ2n) is 6.23. The summed E-state index contributed by atoms with van der Waals surface area (Å²) in [6, 6.07) is 12.7. The van der Waals surface area contributed by atoms with E-state index in [1.54, 1.807) is 24.3 Å². The molecule has 138 valence electrons. The summed E-state index contributed by atoms with van der Waals surface area (Å²) < 4.78 is 26.4. The number of hydrogen-bond acceptors (Lipinski definition) is 6. The maximum absolute atomic E-state index is 13.3. The van der Waals surface area contributed by atoms with Crippen LogP contribution in [-0.2, 0) is 0 Å². The molecule has 0 spiro atoms. The molecule has 27 heavy (non-hydrogen) atoms. The number of rotatable bonds is 4. The van der Waals surface area contributed by atoms with Crippen molar-refractivity contribution >= 4 is 23.1 Å². The Balaban J connectivity index is 1.42. The molecule has 4 rings (SSSR count). The molecule has 1 aliphatic heterocycles. The Morgan fingerprint density at radius 2 is 1.59 bits per heavy atom. The molecule has 3 aromatic rings. The lowest BCUT2D eigenvalue weighted by molar-refractivity contribution is 0.622. The van der Waals surface area contributed by atoms with Crippen LogP contribution in [0, 0.1) is 11.6 Å². The number of nitrogens with one attached hydrogen (secondary N) is 1. The van der Waals surface area contributed by atoms with E-state index >= 15 is 0 Å². The number of nitrogens with zero attached hydrogens (tertiary/aromatic N) is 5. The monoisotopic (exact) mass is 368 g/mol. The van der Waals surface area contributed by atoms with Gasteiger partial charge in [0.2, 0.25) is 5.95 Å². The molecule has 2 aromatic carbocycles. The summed E-state index contributed by atoms with van der Waals surface area (Å²) in [7, 11) is 0. The maximum atomic E-state index is 13.3. The van der Waals surface area contributed by atoms with Crippen LogP contribution in [0.25, 0.3) is 0 Å². The van der Waals surface area contributed by atoms with E-state index in [0.717, 1.165) is 31.9 Å². The minimum atomic E-state index is -0.320. The average molecular weight is 368 g/mol. The van der Waals surface area contributed by atoms with E-state index in [4.69, 9.17) is 0 Å². The Hall–Kier alpha value is -3.29. The molecule has 0 saturated carbocycles. The van der Waals surface area contributed by atoms with Crippen LogP contribution in [0.3, 0.4) is 0 Å². The normalized spacial score (nSPS) is 14.3. The van der Waals surface area contributed by atoms with Crippen LogP contribution < -0.4 is 15.1 Å². The van der Waals surface area contributed by atoms with E-state index in [1.807, 2.05) is 4.90 Å². The first kappa shape index (κ1) is 17.1. The van der Waals surface area contributed by atoms with Crippen molar-refractivity contribution < 1.29 is 8.78 Å². The van der Waals surface area contributed by atoms with Gasteiger partial charge in [0.25, 0.3) is 0 Å². The highest BCUT2D eigenvalue weighted by Crippen LogP contribution is 2.20. The Morgan fingerprint density at radius 3 is 2.33 bits per heavy atom. The minimum absolute atomic E-state index is 0.237. The second-order valence-corrected chi connectivity index (χ2v) is 6.23. The molecule has 0 bridgehead atoms. The lowest BCUT2D eigenvalue weighted by Gasteiger charge is -2.35. The molecule has 1 saturated heterocycles. The standard InChI is InChI=1S/C19H18F2N6/c20-14-4-6-17(7-5-14)26-8-10-27(11-9-26)19-24-18(13-22-25-19)23-16-3-1-2-15(21)12-16/h1-7,12-13H,8-11H2,(H,23,24,25). The first-order chi connectivity index (χ1) is 13.2. The molecule has 0 amide bonds. The van der Waals surface area contributed by atoms with Gasteiger partial charge >= 0.3 is 0 Å². The van der Waals surface area contributed by atoms with Gasteiger partial charge in [-0.15, -0.1) is 5.10 Å². The Kier molecular flexibility index (Phi) is 4.78. The van der Waals surface area contributed by atoms with Crippen LogP contribution in [0.2, 0.25) is 0 Å². The van der Waals surface area contributed by atoms with E-state index in [9.17, 15) is 8.78 Å². The number of anilines is 4. The molecule has 2 heterocycles. The SMILES string of the molecule is Fc1ccc(N2CCN(c3nncc(Nc4cccc(F)c4)n3)CC2)cc1. The van der Waals surface area contributed by atoms with Gasteiger partial charge in [0.15, 0.2) is 5.82 Å². The van der Waals surface area contributed by atoms with Crippen LogP contribution in [0.1, 0.15) is 0 Å². The van der Waals surface area contributed by atoms with Crippen LogP contribution >= 0.6 is 0 Å². The van der Waals surface area contributed by atoms with Crippen molar-refractivity contribution in [2.24, 2.45) is 0 Å². The molecule has 1 N–H and O–H groups in total. The molecule has 0 unspecified atom stereocenters. The summed E-state index contributed by atoms with van der Waals surface area (Å²) in [6.45, 7) is 3.00. The zero-order valence-electron chi connectivity index (χ0n) is 14.5. The summed E-state index contributed by atoms with van der Waals surface area (Å²) in [5.74, 6) is 0.473. The van der Waals surface area contributed by atoms with Gasteiger partial charge < -0.3 is 15.1 Å². The van der Waals surface area contributed by atoms with E-state index in [1.165, 1.54) is 30.5 Å². The number of aromatic nitrogens is 3. The van der Waals surface area contributed by atoms with Crippen LogP contribution in [0.5, 0.6) is 0 Å². The van der Waals surface area contributed by atoms with E-state index in [2.05, 4.69) is 25.4 Å². The predicted molar refractivity (Wildman–Crippen MR) is 100 cm³/mol. The van der Waals surface area contributed by atoms with Gasteiger partial charge in [0, 0.05) is 37.6 Å². The average Bonchev–Trinajstić information content (AvgIpc) is 2.69. The Morgan fingerprint density at radius 1 is 0.852 bits per heavy atom. The van der Waals surface area contributed by atoms with Gasteiger partial charge in [0.1, 0.15) is 11.6 Å². The first-order valence-electron chi connectivity index (χ1n) is 8.65. The summed E-state index contributed by atoms with van der Waals surface area (Å²) in [5, 5.41) is 11.2. The topological polar surface area (TPSA) is 57.2 Å². The third-order valence-corrected chi connectivity index (χ3v) is 4.40. The van der Waals surface area contributed by atoms with Gasteiger partial charge in [-0.3, -0.25) is 0 Å². The lowest BCUT2D eigenvalue weighted by atomic mass is 10.2. The van der Waals surface area contributed by atoms with E-state index in [-0.39, 0.29) is 11.6 Å². The third kappa shape index (κ3) is 4.11. The highest BCUT2D eigenvalue weighted by Gasteiger charge is 2.20. The highest BCUT2D eigenvalue weighted by molar-refractivity contribution is 5.56. The minimum Gasteiger partial charge on any atom is -0.368 e. The first-order valence-corrected chi connectivity index (χ1v) is 8.65. The van der Waals surface area contributed by atoms with Gasteiger partial charge in [-0.05, 0) is 42.5 Å². The quantitative estimate of drug-likeness (QED) is 0.763. The van der Waals surface area contributed by atoms with Crippen molar-refractivity contribution in [1.82, 2.24) is 15.2 Å². The highest BCUT2D eigenvalue weighted by atomic mass is 19.1. The smallest absolute Gasteiger partial charge is 0.247 e. The molecule has 6 nitrogen and oxygen atoms in total. The fourth-order valence-electron chi connectivity index (χ4n) is 3.02. The van der Waals surface area contributed by atoms with Crippen molar-refractivity contribution in [1.29, 1.82) is 0 Å². The van der Waals surface area contributed by atoms with Crippen molar-refractivity contribution in [3.8, 4) is 0 Å². The van der Waals surface area contributed by atoms with Gasteiger partial charge in [-0.2, -0.15) is 10.1 Å².